The number of halogens is 2. The minimum absolute atomic E-state index is 0.240. The highest BCUT2D eigenvalue weighted by atomic mass is 35.5. The summed E-state index contributed by atoms with van der Waals surface area (Å²) in [6.45, 7) is 1.97. The van der Waals surface area contributed by atoms with E-state index >= 15 is 0 Å². The summed E-state index contributed by atoms with van der Waals surface area (Å²) in [5.41, 5.74) is 2.70. The number of hydrogen-bond acceptors (Lipinski definition) is 1. The van der Waals surface area contributed by atoms with Gasteiger partial charge < -0.3 is 5.11 Å². The van der Waals surface area contributed by atoms with E-state index in [1.807, 2.05) is 25.1 Å². The summed E-state index contributed by atoms with van der Waals surface area (Å²) in [6, 6.07) is 10.8. The average molecular weight is 253 g/mol. The Morgan fingerprint density at radius 2 is 1.69 bits per heavy atom. The van der Waals surface area contributed by atoms with Crippen LogP contribution < -0.4 is 0 Å². The molecule has 3 heteroatoms. The average Bonchev–Trinajstić information content (AvgIpc) is 2.26. The minimum Gasteiger partial charge on any atom is -0.507 e. The summed E-state index contributed by atoms with van der Waals surface area (Å²) in [4.78, 5) is 0. The van der Waals surface area contributed by atoms with Crippen LogP contribution in [0.4, 0.5) is 0 Å². The molecule has 0 unspecified atom stereocenters. The number of hydrogen-bond donors (Lipinski definition) is 1. The summed E-state index contributed by atoms with van der Waals surface area (Å²) in [7, 11) is 0. The summed E-state index contributed by atoms with van der Waals surface area (Å²) < 4.78 is 0. The first-order valence-electron chi connectivity index (χ1n) is 4.83. The van der Waals surface area contributed by atoms with E-state index in [0.29, 0.717) is 10.0 Å². The third kappa shape index (κ3) is 2.16. The fourth-order valence-corrected chi connectivity index (χ4v) is 1.84. The van der Waals surface area contributed by atoms with E-state index in [0.717, 1.165) is 16.7 Å². The SMILES string of the molecule is Cc1ccc(O)c(-c2ccc(Cl)c(Cl)c2)c1. The van der Waals surface area contributed by atoms with Crippen LogP contribution in [-0.4, -0.2) is 5.11 Å². The third-order valence-electron chi connectivity index (χ3n) is 2.38. The van der Waals surface area contributed by atoms with Crippen molar-refractivity contribution in [1.82, 2.24) is 0 Å². The van der Waals surface area contributed by atoms with Gasteiger partial charge in [-0.15, -0.1) is 0 Å². The molecule has 2 aromatic carbocycles. The molecule has 1 N–H and O–H groups in total. The largest absolute Gasteiger partial charge is 0.507 e. The van der Waals surface area contributed by atoms with E-state index in [1.54, 1.807) is 18.2 Å². The molecule has 0 saturated heterocycles. The fraction of sp³-hybridized carbons (Fsp3) is 0.0769. The molecule has 0 spiro atoms. The second-order valence-corrected chi connectivity index (χ2v) is 4.46. The lowest BCUT2D eigenvalue weighted by molar-refractivity contribution is 0.477. The van der Waals surface area contributed by atoms with E-state index in [9.17, 15) is 5.11 Å². The summed E-state index contributed by atoms with van der Waals surface area (Å²) in [5.74, 6) is 0.240. The van der Waals surface area contributed by atoms with Gasteiger partial charge in [0.2, 0.25) is 0 Å². The molecule has 0 amide bonds. The van der Waals surface area contributed by atoms with Crippen molar-refractivity contribution >= 4 is 23.2 Å². The molecule has 0 aliphatic heterocycles. The van der Waals surface area contributed by atoms with E-state index in [2.05, 4.69) is 0 Å². The van der Waals surface area contributed by atoms with E-state index in [1.165, 1.54) is 0 Å². The van der Waals surface area contributed by atoms with Crippen LogP contribution in [-0.2, 0) is 0 Å². The van der Waals surface area contributed by atoms with Gasteiger partial charge in [0.1, 0.15) is 5.75 Å². The van der Waals surface area contributed by atoms with Crippen LogP contribution in [0.15, 0.2) is 36.4 Å². The van der Waals surface area contributed by atoms with Gasteiger partial charge in [-0.1, -0.05) is 40.9 Å². The lowest BCUT2D eigenvalue weighted by Crippen LogP contribution is -1.81. The molecule has 0 aliphatic carbocycles. The number of rotatable bonds is 1. The van der Waals surface area contributed by atoms with Gasteiger partial charge in [-0.25, -0.2) is 0 Å². The van der Waals surface area contributed by atoms with E-state index < -0.39 is 0 Å². The summed E-state index contributed by atoms with van der Waals surface area (Å²) in [5, 5.41) is 10.8. The molecule has 0 radical (unpaired) electrons. The van der Waals surface area contributed by atoms with Crippen molar-refractivity contribution < 1.29 is 5.11 Å². The van der Waals surface area contributed by atoms with Gasteiger partial charge in [0, 0.05) is 5.56 Å². The second kappa shape index (κ2) is 4.36. The minimum atomic E-state index is 0.240. The topological polar surface area (TPSA) is 20.2 Å². The molecule has 0 fully saturated rings. The van der Waals surface area contributed by atoms with Crippen molar-refractivity contribution in [3.63, 3.8) is 0 Å². The van der Waals surface area contributed by atoms with Gasteiger partial charge in [-0.3, -0.25) is 0 Å². The van der Waals surface area contributed by atoms with Crippen molar-refractivity contribution in [3.8, 4) is 16.9 Å². The first kappa shape index (κ1) is 11.3. The third-order valence-corrected chi connectivity index (χ3v) is 3.12. The first-order valence-corrected chi connectivity index (χ1v) is 5.58. The predicted molar refractivity (Wildman–Crippen MR) is 68.3 cm³/mol. The number of phenols is 1. The van der Waals surface area contributed by atoms with Crippen LogP contribution in [0.3, 0.4) is 0 Å². The summed E-state index contributed by atoms with van der Waals surface area (Å²) >= 11 is 11.8. The molecular formula is C13H10Cl2O. The molecule has 0 aromatic heterocycles. The molecular weight excluding hydrogens is 243 g/mol. The number of aromatic hydroxyl groups is 1. The number of aryl methyl sites for hydroxylation is 1. The highest BCUT2D eigenvalue weighted by Gasteiger charge is 2.06. The Morgan fingerprint density at radius 1 is 0.938 bits per heavy atom. The molecule has 16 heavy (non-hydrogen) atoms. The highest BCUT2D eigenvalue weighted by Crippen LogP contribution is 2.33. The van der Waals surface area contributed by atoms with Crippen LogP contribution in [0, 0.1) is 6.92 Å². The van der Waals surface area contributed by atoms with Crippen molar-refractivity contribution in [2.75, 3.05) is 0 Å². The van der Waals surface area contributed by atoms with Gasteiger partial charge in [0.15, 0.2) is 0 Å². The Morgan fingerprint density at radius 3 is 2.38 bits per heavy atom. The van der Waals surface area contributed by atoms with Crippen molar-refractivity contribution in [2.24, 2.45) is 0 Å². The Balaban J connectivity index is 2.58. The Hall–Kier alpha value is -1.18. The van der Waals surface area contributed by atoms with Crippen LogP contribution in [0.5, 0.6) is 5.75 Å². The second-order valence-electron chi connectivity index (χ2n) is 3.65. The zero-order valence-corrected chi connectivity index (χ0v) is 10.2. The molecule has 0 heterocycles. The van der Waals surface area contributed by atoms with Gasteiger partial charge in [0.25, 0.3) is 0 Å². The smallest absolute Gasteiger partial charge is 0.123 e. The van der Waals surface area contributed by atoms with Gasteiger partial charge >= 0.3 is 0 Å². The van der Waals surface area contributed by atoms with E-state index in [4.69, 9.17) is 23.2 Å². The standard InChI is InChI=1S/C13H10Cl2O/c1-8-2-5-13(16)10(6-8)9-3-4-11(14)12(15)7-9/h2-7,16H,1H3. The maximum atomic E-state index is 9.77. The lowest BCUT2D eigenvalue weighted by atomic mass is 10.0. The maximum Gasteiger partial charge on any atom is 0.123 e. The zero-order chi connectivity index (χ0) is 11.7. The quantitative estimate of drug-likeness (QED) is 0.782. The number of benzene rings is 2. The normalized spacial score (nSPS) is 10.4. The van der Waals surface area contributed by atoms with Crippen LogP contribution in [0.2, 0.25) is 10.0 Å². The molecule has 82 valence electrons. The Bertz CT molecular complexity index is 535. The van der Waals surface area contributed by atoms with Crippen molar-refractivity contribution in [3.05, 3.63) is 52.0 Å². The maximum absolute atomic E-state index is 9.77. The van der Waals surface area contributed by atoms with Gasteiger partial charge in [-0.05, 0) is 36.8 Å². The van der Waals surface area contributed by atoms with Crippen LogP contribution in [0.25, 0.3) is 11.1 Å². The monoisotopic (exact) mass is 252 g/mol. The van der Waals surface area contributed by atoms with Crippen molar-refractivity contribution in [2.45, 2.75) is 6.92 Å². The lowest BCUT2D eigenvalue weighted by Gasteiger charge is -2.07. The number of phenolic OH excluding ortho intramolecular Hbond substituents is 1. The fourth-order valence-electron chi connectivity index (χ4n) is 1.54. The molecule has 0 bridgehead atoms. The highest BCUT2D eigenvalue weighted by molar-refractivity contribution is 6.42. The molecule has 2 aromatic rings. The van der Waals surface area contributed by atoms with E-state index in [-0.39, 0.29) is 5.75 Å². The zero-order valence-electron chi connectivity index (χ0n) is 8.67. The Labute approximate surface area is 104 Å². The Kier molecular flexibility index (Phi) is 3.08. The molecule has 0 aliphatic rings. The van der Waals surface area contributed by atoms with Gasteiger partial charge in [0.05, 0.1) is 10.0 Å². The molecule has 2 rings (SSSR count). The predicted octanol–water partition coefficient (Wildman–Crippen LogP) is 4.67. The summed E-state index contributed by atoms with van der Waals surface area (Å²) in [6.07, 6.45) is 0. The first-order chi connectivity index (χ1) is 7.58. The molecule has 0 saturated carbocycles. The van der Waals surface area contributed by atoms with Gasteiger partial charge in [-0.2, -0.15) is 0 Å². The molecule has 0 atom stereocenters. The van der Waals surface area contributed by atoms with Crippen molar-refractivity contribution in [1.29, 1.82) is 0 Å². The van der Waals surface area contributed by atoms with Crippen LogP contribution >= 0.6 is 23.2 Å². The van der Waals surface area contributed by atoms with Crippen LogP contribution in [0.1, 0.15) is 5.56 Å². The molecule has 1 nitrogen and oxygen atoms in total.